The Morgan fingerprint density at radius 2 is 2.50 bits per heavy atom. The van der Waals surface area contributed by atoms with Crippen LogP contribution in [0.2, 0.25) is 0 Å². The van der Waals surface area contributed by atoms with E-state index >= 15 is 0 Å². The second-order valence-electron chi connectivity index (χ2n) is 3.02. The molecular weight excluding hydrogens is 150 g/mol. The Balaban J connectivity index is 2.30. The average Bonchev–Trinajstić information content (AvgIpc) is 2.43. The van der Waals surface area contributed by atoms with Crippen LogP contribution in [0, 0.1) is 11.3 Å². The largest absolute Gasteiger partial charge is 0.330 e. The van der Waals surface area contributed by atoms with Gasteiger partial charge in [0.15, 0.2) is 0 Å². The lowest BCUT2D eigenvalue weighted by Gasteiger charge is -2.16. The summed E-state index contributed by atoms with van der Waals surface area (Å²) in [5, 5.41) is 8.64. The molecule has 0 spiro atoms. The molecule has 0 N–H and O–H groups in total. The molecular formula is C9H9N3. The molecule has 60 valence electrons. The molecule has 0 unspecified atom stereocenters. The normalized spacial score (nSPS) is 26.0. The van der Waals surface area contributed by atoms with Crippen molar-refractivity contribution in [2.45, 2.75) is 13.0 Å². The number of aliphatic imine (C=N–C) groups is 1. The summed E-state index contributed by atoms with van der Waals surface area (Å²) in [5.41, 5.74) is 0.697. The van der Waals surface area contributed by atoms with Crippen molar-refractivity contribution in [2.24, 2.45) is 4.99 Å². The Kier molecular flexibility index (Phi) is 1.47. The highest BCUT2D eigenvalue weighted by Crippen LogP contribution is 2.16. The van der Waals surface area contributed by atoms with Crippen LogP contribution >= 0.6 is 0 Å². The maximum Gasteiger partial charge on any atom is 0.127 e. The van der Waals surface area contributed by atoms with Crippen molar-refractivity contribution in [3.05, 3.63) is 23.9 Å². The minimum Gasteiger partial charge on any atom is -0.330 e. The van der Waals surface area contributed by atoms with Crippen molar-refractivity contribution in [1.29, 1.82) is 5.26 Å². The highest BCUT2D eigenvalue weighted by Gasteiger charge is 2.20. The summed E-state index contributed by atoms with van der Waals surface area (Å²) in [6.45, 7) is 2.96. The maximum atomic E-state index is 8.64. The van der Waals surface area contributed by atoms with Crippen LogP contribution in [0.15, 0.2) is 28.9 Å². The molecule has 0 aromatic heterocycles. The van der Waals surface area contributed by atoms with Crippen LogP contribution < -0.4 is 0 Å². The van der Waals surface area contributed by atoms with Gasteiger partial charge in [0.2, 0.25) is 0 Å². The highest BCUT2D eigenvalue weighted by atomic mass is 15.2. The molecule has 2 aliphatic rings. The summed E-state index contributed by atoms with van der Waals surface area (Å²) in [6.07, 6.45) is 5.54. The van der Waals surface area contributed by atoms with Crippen LogP contribution in [-0.4, -0.2) is 23.3 Å². The molecule has 0 aromatic rings. The van der Waals surface area contributed by atoms with Crippen molar-refractivity contribution in [3.63, 3.8) is 0 Å². The number of fused-ring (bicyclic) bond motifs is 1. The van der Waals surface area contributed by atoms with E-state index in [-0.39, 0.29) is 0 Å². The monoisotopic (exact) mass is 159 g/mol. The number of nitriles is 1. The quantitative estimate of drug-likeness (QED) is 0.530. The molecule has 3 nitrogen and oxygen atoms in total. The van der Waals surface area contributed by atoms with Gasteiger partial charge in [-0.2, -0.15) is 5.26 Å². The highest BCUT2D eigenvalue weighted by molar-refractivity contribution is 5.96. The van der Waals surface area contributed by atoms with E-state index in [2.05, 4.69) is 18.0 Å². The number of rotatable bonds is 0. The van der Waals surface area contributed by atoms with Gasteiger partial charge in [-0.3, -0.25) is 4.99 Å². The van der Waals surface area contributed by atoms with Gasteiger partial charge in [-0.15, -0.1) is 0 Å². The molecule has 0 bridgehead atoms. The fourth-order valence-corrected chi connectivity index (χ4v) is 1.42. The Hall–Kier alpha value is -1.56. The first-order chi connectivity index (χ1) is 5.79. The molecule has 0 radical (unpaired) electrons. The Bertz CT molecular complexity index is 330. The zero-order valence-electron chi connectivity index (χ0n) is 6.86. The summed E-state index contributed by atoms with van der Waals surface area (Å²) in [6, 6.07) is 2.46. The molecule has 0 saturated heterocycles. The molecule has 0 aromatic carbocycles. The smallest absolute Gasteiger partial charge is 0.127 e. The lowest BCUT2D eigenvalue weighted by molar-refractivity contribution is 0.555. The first-order valence-corrected chi connectivity index (χ1v) is 3.94. The fourth-order valence-electron chi connectivity index (χ4n) is 1.42. The van der Waals surface area contributed by atoms with E-state index in [1.54, 1.807) is 6.08 Å². The minimum absolute atomic E-state index is 0.346. The zero-order valence-corrected chi connectivity index (χ0v) is 6.86. The van der Waals surface area contributed by atoms with Crippen molar-refractivity contribution in [3.8, 4) is 6.07 Å². The van der Waals surface area contributed by atoms with Crippen molar-refractivity contribution < 1.29 is 0 Å². The van der Waals surface area contributed by atoms with Gasteiger partial charge in [-0.25, -0.2) is 0 Å². The number of allylic oxidation sites excluding steroid dienone is 2. The summed E-state index contributed by atoms with van der Waals surface area (Å²) in [4.78, 5) is 6.40. The van der Waals surface area contributed by atoms with Crippen molar-refractivity contribution in [1.82, 2.24) is 4.90 Å². The standard InChI is InChI=1S/C9H9N3/c1-7-5-12-6-8(4-10)2-3-9(12)11-7/h2-3,6-7H,5H2,1H3/t7-/m1/s1. The second kappa shape index (κ2) is 2.49. The van der Waals surface area contributed by atoms with Crippen LogP contribution in [-0.2, 0) is 0 Å². The molecule has 12 heavy (non-hydrogen) atoms. The topological polar surface area (TPSA) is 39.4 Å². The van der Waals surface area contributed by atoms with Crippen molar-refractivity contribution in [2.75, 3.05) is 6.54 Å². The molecule has 0 aliphatic carbocycles. The first kappa shape index (κ1) is 7.11. The Labute approximate surface area is 71.3 Å². The summed E-state index contributed by atoms with van der Waals surface area (Å²) >= 11 is 0. The third kappa shape index (κ3) is 1.02. The SMILES string of the molecule is C[C@@H]1CN2C=C(C#N)C=CC2=N1. The van der Waals surface area contributed by atoms with E-state index in [0.717, 1.165) is 12.4 Å². The van der Waals surface area contributed by atoms with E-state index in [1.807, 2.05) is 17.2 Å². The molecule has 0 fully saturated rings. The third-order valence-corrected chi connectivity index (χ3v) is 1.94. The van der Waals surface area contributed by atoms with E-state index in [1.165, 1.54) is 0 Å². The first-order valence-electron chi connectivity index (χ1n) is 3.94. The molecule has 0 saturated carbocycles. The van der Waals surface area contributed by atoms with Gasteiger partial charge in [0.25, 0.3) is 0 Å². The van der Waals surface area contributed by atoms with E-state index in [4.69, 9.17) is 5.26 Å². The lowest BCUT2D eigenvalue weighted by Crippen LogP contribution is -2.23. The third-order valence-electron chi connectivity index (χ3n) is 1.94. The number of hydrogen-bond donors (Lipinski definition) is 0. The molecule has 2 rings (SSSR count). The van der Waals surface area contributed by atoms with Gasteiger partial charge >= 0.3 is 0 Å². The van der Waals surface area contributed by atoms with E-state index in [0.29, 0.717) is 11.6 Å². The number of amidine groups is 1. The predicted octanol–water partition coefficient (Wildman–Crippen LogP) is 1.07. The molecule has 2 heterocycles. The molecule has 0 amide bonds. The fraction of sp³-hybridized carbons (Fsp3) is 0.333. The van der Waals surface area contributed by atoms with Gasteiger partial charge in [0.05, 0.1) is 11.6 Å². The van der Waals surface area contributed by atoms with Gasteiger partial charge in [0, 0.05) is 12.7 Å². The van der Waals surface area contributed by atoms with Crippen LogP contribution in [0.4, 0.5) is 0 Å². The molecule has 3 heteroatoms. The Morgan fingerprint density at radius 3 is 3.25 bits per heavy atom. The van der Waals surface area contributed by atoms with Gasteiger partial charge < -0.3 is 4.90 Å². The van der Waals surface area contributed by atoms with Gasteiger partial charge in [-0.05, 0) is 19.1 Å². The summed E-state index contributed by atoms with van der Waals surface area (Å²) < 4.78 is 0. The second-order valence-corrected chi connectivity index (χ2v) is 3.02. The average molecular weight is 159 g/mol. The number of nitrogens with zero attached hydrogens (tertiary/aromatic N) is 3. The van der Waals surface area contributed by atoms with Crippen LogP contribution in [0.1, 0.15) is 6.92 Å². The maximum absolute atomic E-state index is 8.64. The van der Waals surface area contributed by atoms with Crippen LogP contribution in [0.25, 0.3) is 0 Å². The van der Waals surface area contributed by atoms with Gasteiger partial charge in [-0.1, -0.05) is 0 Å². The molecule has 1 atom stereocenters. The van der Waals surface area contributed by atoms with E-state index in [9.17, 15) is 0 Å². The Morgan fingerprint density at radius 1 is 1.67 bits per heavy atom. The van der Waals surface area contributed by atoms with Gasteiger partial charge in [0.1, 0.15) is 11.9 Å². The zero-order chi connectivity index (χ0) is 8.55. The van der Waals surface area contributed by atoms with Crippen LogP contribution in [0.5, 0.6) is 0 Å². The summed E-state index contributed by atoms with van der Waals surface area (Å²) in [7, 11) is 0. The molecule has 2 aliphatic heterocycles. The van der Waals surface area contributed by atoms with Crippen molar-refractivity contribution >= 4 is 5.84 Å². The minimum atomic E-state index is 0.346. The lowest BCUT2D eigenvalue weighted by atomic mass is 10.2. The van der Waals surface area contributed by atoms with E-state index < -0.39 is 0 Å². The predicted molar refractivity (Wildman–Crippen MR) is 46.4 cm³/mol. The number of hydrogen-bond acceptors (Lipinski definition) is 3. The van der Waals surface area contributed by atoms with Crippen LogP contribution in [0.3, 0.4) is 0 Å². The summed E-state index contributed by atoms with van der Waals surface area (Å²) in [5.74, 6) is 0.974.